The summed E-state index contributed by atoms with van der Waals surface area (Å²) in [4.78, 5) is 41.4. The lowest BCUT2D eigenvalue weighted by atomic mass is 9.96. The molecule has 9 nitrogen and oxygen atoms in total. The molecule has 11 heteroatoms. The van der Waals surface area contributed by atoms with E-state index in [9.17, 15) is 19.6 Å². The van der Waals surface area contributed by atoms with Gasteiger partial charge in [-0.1, -0.05) is 36.4 Å². The Hall–Kier alpha value is -5.05. The predicted octanol–water partition coefficient (Wildman–Crippen LogP) is 6.66. The predicted molar refractivity (Wildman–Crippen MR) is 182 cm³/mol. The van der Waals surface area contributed by atoms with Gasteiger partial charge in [-0.25, -0.2) is 0 Å². The second-order valence-corrected chi connectivity index (χ2v) is 12.5. The number of thiophene rings is 1. The number of amides is 3. The number of nitriles is 1. The maximum atomic E-state index is 13.6. The quantitative estimate of drug-likeness (QED) is 0.122. The van der Waals surface area contributed by atoms with E-state index in [-0.39, 0.29) is 17.4 Å². The van der Waals surface area contributed by atoms with Crippen LogP contribution >= 0.6 is 23.1 Å². The Morgan fingerprint density at radius 2 is 1.74 bits per heavy atom. The topological polar surface area (TPSA) is 130 Å². The first-order valence-corrected chi connectivity index (χ1v) is 16.4. The van der Waals surface area contributed by atoms with Gasteiger partial charge in [0.1, 0.15) is 16.8 Å². The number of thioether (sulfide) groups is 1. The molecule has 0 fully saturated rings. The number of fused-ring (bicyclic) bond motifs is 1. The second kappa shape index (κ2) is 15.3. The molecule has 1 heterocycles. The van der Waals surface area contributed by atoms with Gasteiger partial charge in [0, 0.05) is 26.6 Å². The lowest BCUT2D eigenvalue weighted by Crippen LogP contribution is -2.30. The Morgan fingerprint density at radius 1 is 0.957 bits per heavy atom. The highest BCUT2D eigenvalue weighted by molar-refractivity contribution is 8.00. The SMILES string of the molecule is COc1cccc(/C=C(/NC(=O)c2ccccc2)C(=O)Nc2cccc(SCC(=O)Nc3sc4c(c3C#N)CCCC4)c2)c1OC. The van der Waals surface area contributed by atoms with Gasteiger partial charge < -0.3 is 25.4 Å². The van der Waals surface area contributed by atoms with Gasteiger partial charge in [-0.05, 0) is 73.7 Å². The average molecular weight is 653 g/mol. The summed E-state index contributed by atoms with van der Waals surface area (Å²) in [6.45, 7) is 0. The number of carbonyl (C=O) groups is 3. The number of nitrogens with zero attached hydrogens (tertiary/aromatic N) is 1. The molecule has 234 valence electrons. The van der Waals surface area contributed by atoms with Gasteiger partial charge in [0.25, 0.3) is 11.8 Å². The van der Waals surface area contributed by atoms with Crippen LogP contribution in [0.5, 0.6) is 11.5 Å². The molecule has 3 aromatic carbocycles. The second-order valence-electron chi connectivity index (χ2n) is 10.3. The largest absolute Gasteiger partial charge is 0.493 e. The van der Waals surface area contributed by atoms with Crippen molar-refractivity contribution in [1.29, 1.82) is 5.26 Å². The zero-order valence-corrected chi connectivity index (χ0v) is 27.0. The van der Waals surface area contributed by atoms with Crippen molar-refractivity contribution < 1.29 is 23.9 Å². The molecule has 46 heavy (non-hydrogen) atoms. The fourth-order valence-corrected chi connectivity index (χ4v) is 7.08. The van der Waals surface area contributed by atoms with Crippen molar-refractivity contribution in [3.05, 3.63) is 106 Å². The molecule has 0 aliphatic heterocycles. The molecule has 0 bridgehead atoms. The van der Waals surface area contributed by atoms with Crippen molar-refractivity contribution in [2.75, 3.05) is 30.6 Å². The van der Waals surface area contributed by atoms with Crippen LogP contribution in [0.15, 0.2) is 83.4 Å². The fraction of sp³-hybridized carbons (Fsp3) is 0.200. The first-order chi connectivity index (χ1) is 22.4. The highest BCUT2D eigenvalue weighted by Gasteiger charge is 2.22. The van der Waals surface area contributed by atoms with Crippen molar-refractivity contribution >= 4 is 57.6 Å². The number of hydrogen-bond acceptors (Lipinski definition) is 8. The number of hydrogen-bond donors (Lipinski definition) is 3. The van der Waals surface area contributed by atoms with Crippen molar-refractivity contribution in [3.8, 4) is 17.6 Å². The van der Waals surface area contributed by atoms with Gasteiger partial charge in [0.15, 0.2) is 11.5 Å². The maximum Gasteiger partial charge on any atom is 0.272 e. The normalized spacial score (nSPS) is 12.3. The Bertz CT molecular complexity index is 1830. The molecule has 1 aliphatic rings. The number of ether oxygens (including phenoxy) is 2. The average Bonchev–Trinajstić information content (AvgIpc) is 3.44. The number of methoxy groups -OCH3 is 2. The van der Waals surface area contributed by atoms with Gasteiger partial charge in [-0.3, -0.25) is 14.4 Å². The van der Waals surface area contributed by atoms with Crippen molar-refractivity contribution in [2.45, 2.75) is 30.6 Å². The Labute approximate surface area is 275 Å². The van der Waals surface area contributed by atoms with Crippen LogP contribution in [0.4, 0.5) is 10.7 Å². The molecule has 0 saturated heterocycles. The molecule has 5 rings (SSSR count). The van der Waals surface area contributed by atoms with Crippen LogP contribution in [0.1, 0.15) is 44.8 Å². The molecule has 1 aliphatic carbocycles. The third-order valence-corrected chi connectivity index (χ3v) is 9.46. The minimum atomic E-state index is -0.556. The molecule has 4 aromatic rings. The lowest BCUT2D eigenvalue weighted by Gasteiger charge is -2.14. The third kappa shape index (κ3) is 7.77. The minimum absolute atomic E-state index is 0.00946. The molecule has 3 amide bonds. The zero-order valence-electron chi connectivity index (χ0n) is 25.3. The first-order valence-electron chi connectivity index (χ1n) is 14.6. The van der Waals surface area contributed by atoms with Crippen LogP contribution in [-0.4, -0.2) is 37.7 Å². The van der Waals surface area contributed by atoms with Crippen LogP contribution in [-0.2, 0) is 22.4 Å². The summed E-state index contributed by atoms with van der Waals surface area (Å²) < 4.78 is 10.9. The zero-order chi connectivity index (χ0) is 32.5. The standard InChI is InChI=1S/C35H32N4O5S2/c1-43-29-16-8-12-23(32(29)44-2)18-28(38-33(41)22-10-4-3-5-11-22)34(42)37-24-13-9-14-25(19-24)45-21-31(40)39-35-27(20-36)26-15-6-7-17-30(26)46-35/h3-5,8-14,16,18-19H,6-7,15,17,21H2,1-2H3,(H,37,42)(H,38,41)(H,39,40)/b28-18+. The van der Waals surface area contributed by atoms with Crippen molar-refractivity contribution in [2.24, 2.45) is 0 Å². The number of anilines is 2. The number of carbonyl (C=O) groups excluding carboxylic acids is 3. The molecular weight excluding hydrogens is 621 g/mol. The number of para-hydroxylation sites is 1. The third-order valence-electron chi connectivity index (χ3n) is 7.26. The molecular formula is C35H32N4O5S2. The summed E-state index contributed by atoms with van der Waals surface area (Å²) in [5.41, 5.74) is 3.04. The lowest BCUT2D eigenvalue weighted by molar-refractivity contribution is -0.114. The van der Waals surface area contributed by atoms with Crippen LogP contribution in [0, 0.1) is 11.3 Å². The molecule has 0 radical (unpaired) electrons. The van der Waals surface area contributed by atoms with E-state index in [1.807, 2.05) is 6.07 Å². The van der Waals surface area contributed by atoms with Gasteiger partial charge >= 0.3 is 0 Å². The summed E-state index contributed by atoms with van der Waals surface area (Å²) in [6, 6.07) is 23.2. The van der Waals surface area contributed by atoms with Gasteiger partial charge in [0.2, 0.25) is 5.91 Å². The van der Waals surface area contributed by atoms with Gasteiger partial charge in [-0.2, -0.15) is 5.26 Å². The van der Waals surface area contributed by atoms with E-state index < -0.39 is 11.8 Å². The van der Waals surface area contributed by atoms with Crippen LogP contribution in [0.25, 0.3) is 6.08 Å². The summed E-state index contributed by atoms with van der Waals surface area (Å²) >= 11 is 2.80. The summed E-state index contributed by atoms with van der Waals surface area (Å²) in [6.07, 6.45) is 5.49. The molecule has 3 N–H and O–H groups in total. The van der Waals surface area contributed by atoms with E-state index in [4.69, 9.17) is 9.47 Å². The molecule has 1 aromatic heterocycles. The maximum absolute atomic E-state index is 13.6. The molecule has 0 unspecified atom stereocenters. The Morgan fingerprint density at radius 3 is 2.50 bits per heavy atom. The number of rotatable bonds is 11. The van der Waals surface area contributed by atoms with E-state index in [1.54, 1.807) is 66.7 Å². The van der Waals surface area contributed by atoms with E-state index in [0.29, 0.717) is 38.9 Å². The summed E-state index contributed by atoms with van der Waals surface area (Å²) in [7, 11) is 3.01. The summed E-state index contributed by atoms with van der Waals surface area (Å²) in [5.74, 6) is -0.216. The Balaban J connectivity index is 1.30. The molecule has 0 atom stereocenters. The van der Waals surface area contributed by atoms with E-state index in [2.05, 4.69) is 22.0 Å². The highest BCUT2D eigenvalue weighted by Crippen LogP contribution is 2.38. The monoisotopic (exact) mass is 652 g/mol. The van der Waals surface area contributed by atoms with Crippen molar-refractivity contribution in [3.63, 3.8) is 0 Å². The van der Waals surface area contributed by atoms with Crippen LogP contribution in [0.3, 0.4) is 0 Å². The van der Waals surface area contributed by atoms with E-state index in [0.717, 1.165) is 36.1 Å². The number of benzene rings is 3. The van der Waals surface area contributed by atoms with E-state index in [1.165, 1.54) is 48.3 Å². The van der Waals surface area contributed by atoms with Crippen LogP contribution in [0.2, 0.25) is 0 Å². The van der Waals surface area contributed by atoms with Crippen LogP contribution < -0.4 is 25.4 Å². The highest BCUT2D eigenvalue weighted by atomic mass is 32.2. The molecule has 0 spiro atoms. The van der Waals surface area contributed by atoms with Crippen molar-refractivity contribution in [1.82, 2.24) is 5.32 Å². The minimum Gasteiger partial charge on any atom is -0.493 e. The van der Waals surface area contributed by atoms with Gasteiger partial charge in [-0.15, -0.1) is 23.1 Å². The summed E-state index contributed by atoms with van der Waals surface area (Å²) in [5, 5.41) is 18.8. The smallest absolute Gasteiger partial charge is 0.272 e. The number of aryl methyl sites for hydroxylation is 1. The van der Waals surface area contributed by atoms with Gasteiger partial charge in [0.05, 0.1) is 25.5 Å². The molecule has 0 saturated carbocycles. The first kappa shape index (κ1) is 32.3. The number of nitrogens with one attached hydrogen (secondary N) is 3. The Kier molecular flexibility index (Phi) is 10.8. The fourth-order valence-electron chi connectivity index (χ4n) is 5.07. The van der Waals surface area contributed by atoms with E-state index >= 15 is 0 Å².